The van der Waals surface area contributed by atoms with Crippen LogP contribution in [0.4, 0.5) is 11.8 Å². The first kappa shape index (κ1) is 10.8. The second kappa shape index (κ2) is 4.14. The van der Waals surface area contributed by atoms with Gasteiger partial charge in [0.05, 0.1) is 5.69 Å². The number of nitrogens with one attached hydrogen (secondary N) is 1. The largest absolute Gasteiger partial charge is 0.368 e. The summed E-state index contributed by atoms with van der Waals surface area (Å²) in [6, 6.07) is 2.68. The SMILES string of the molecule is CNC1CCN(c2cc(C3CC3)nc(N)n2)C1. The molecular formula is C12H19N5. The number of nitrogens with two attached hydrogens (primary N) is 1. The highest BCUT2D eigenvalue weighted by molar-refractivity contribution is 5.46. The number of nitrogens with zero attached hydrogens (tertiary/aromatic N) is 3. The van der Waals surface area contributed by atoms with Gasteiger partial charge < -0.3 is 16.0 Å². The van der Waals surface area contributed by atoms with Gasteiger partial charge in [-0.25, -0.2) is 4.98 Å². The summed E-state index contributed by atoms with van der Waals surface area (Å²) >= 11 is 0. The molecule has 2 fully saturated rings. The predicted molar refractivity (Wildman–Crippen MR) is 68.1 cm³/mol. The molecule has 0 radical (unpaired) electrons. The summed E-state index contributed by atoms with van der Waals surface area (Å²) in [6.45, 7) is 2.06. The minimum absolute atomic E-state index is 0.414. The zero-order chi connectivity index (χ0) is 11.8. The molecule has 1 aliphatic carbocycles. The summed E-state index contributed by atoms with van der Waals surface area (Å²) in [6.07, 6.45) is 3.66. The molecule has 0 bridgehead atoms. The molecule has 0 spiro atoms. The van der Waals surface area contributed by atoms with Gasteiger partial charge in [-0.2, -0.15) is 4.98 Å². The molecule has 1 aliphatic heterocycles. The Morgan fingerprint density at radius 2 is 2.18 bits per heavy atom. The lowest BCUT2D eigenvalue weighted by Crippen LogP contribution is -2.30. The quantitative estimate of drug-likeness (QED) is 0.806. The fourth-order valence-electron chi connectivity index (χ4n) is 2.43. The number of hydrogen-bond acceptors (Lipinski definition) is 5. The second-order valence-electron chi connectivity index (χ2n) is 5.00. The summed E-state index contributed by atoms with van der Waals surface area (Å²) < 4.78 is 0. The molecule has 1 unspecified atom stereocenters. The maximum absolute atomic E-state index is 5.80. The molecule has 5 heteroatoms. The van der Waals surface area contributed by atoms with E-state index >= 15 is 0 Å². The van der Waals surface area contributed by atoms with Crippen molar-refractivity contribution in [2.75, 3.05) is 30.8 Å². The fraction of sp³-hybridized carbons (Fsp3) is 0.667. The van der Waals surface area contributed by atoms with Gasteiger partial charge in [0.1, 0.15) is 5.82 Å². The van der Waals surface area contributed by atoms with Crippen LogP contribution in [0.25, 0.3) is 0 Å². The number of anilines is 2. The Labute approximate surface area is 101 Å². The Morgan fingerprint density at radius 1 is 1.35 bits per heavy atom. The molecule has 2 heterocycles. The molecule has 92 valence electrons. The van der Waals surface area contributed by atoms with Crippen molar-refractivity contribution in [2.24, 2.45) is 0 Å². The van der Waals surface area contributed by atoms with Crippen molar-refractivity contribution in [2.45, 2.75) is 31.2 Å². The van der Waals surface area contributed by atoms with E-state index in [1.807, 2.05) is 7.05 Å². The van der Waals surface area contributed by atoms with Gasteiger partial charge in [0.25, 0.3) is 0 Å². The standard InChI is InChI=1S/C12H19N5/c1-14-9-4-5-17(7-9)11-6-10(8-2-3-8)15-12(13)16-11/h6,8-9,14H,2-5,7H2,1H3,(H2,13,15,16). The Hall–Kier alpha value is -1.36. The van der Waals surface area contributed by atoms with Crippen molar-refractivity contribution in [1.29, 1.82) is 0 Å². The van der Waals surface area contributed by atoms with E-state index in [0.29, 0.717) is 17.9 Å². The maximum atomic E-state index is 5.80. The molecule has 3 rings (SSSR count). The van der Waals surface area contributed by atoms with Crippen LogP contribution >= 0.6 is 0 Å². The predicted octanol–water partition coefficient (Wildman–Crippen LogP) is 0.734. The Balaban J connectivity index is 1.82. The van der Waals surface area contributed by atoms with Crippen LogP contribution in [0.1, 0.15) is 30.9 Å². The van der Waals surface area contributed by atoms with E-state index in [2.05, 4.69) is 26.3 Å². The number of likely N-dealkylation sites (N-methyl/N-ethyl adjacent to an activating group) is 1. The Kier molecular flexibility index (Phi) is 2.63. The van der Waals surface area contributed by atoms with Gasteiger partial charge in [-0.15, -0.1) is 0 Å². The second-order valence-corrected chi connectivity index (χ2v) is 5.00. The normalized spacial score (nSPS) is 24.3. The Morgan fingerprint density at radius 3 is 2.82 bits per heavy atom. The molecule has 1 atom stereocenters. The molecule has 5 nitrogen and oxygen atoms in total. The molecule has 3 N–H and O–H groups in total. The summed E-state index contributed by atoms with van der Waals surface area (Å²) in [7, 11) is 2.01. The van der Waals surface area contributed by atoms with Crippen molar-refractivity contribution >= 4 is 11.8 Å². The van der Waals surface area contributed by atoms with Crippen LogP contribution in [-0.4, -0.2) is 36.1 Å². The van der Waals surface area contributed by atoms with E-state index in [0.717, 1.165) is 24.6 Å². The maximum Gasteiger partial charge on any atom is 0.222 e. The fourth-order valence-corrected chi connectivity index (χ4v) is 2.43. The summed E-state index contributed by atoms with van der Waals surface area (Å²) in [5.41, 5.74) is 6.92. The third kappa shape index (κ3) is 2.20. The molecular weight excluding hydrogens is 214 g/mol. The number of aromatic nitrogens is 2. The lowest BCUT2D eigenvalue weighted by atomic mass is 10.2. The summed E-state index contributed by atoms with van der Waals surface area (Å²) in [5.74, 6) is 2.04. The van der Waals surface area contributed by atoms with Crippen LogP contribution < -0.4 is 16.0 Å². The van der Waals surface area contributed by atoms with E-state index in [1.54, 1.807) is 0 Å². The highest BCUT2D eigenvalue weighted by Crippen LogP contribution is 2.40. The number of nitrogen functional groups attached to an aromatic ring is 1. The molecule has 1 aromatic rings. The van der Waals surface area contributed by atoms with E-state index < -0.39 is 0 Å². The molecule has 1 saturated carbocycles. The van der Waals surface area contributed by atoms with Crippen LogP contribution in [0.3, 0.4) is 0 Å². The van der Waals surface area contributed by atoms with Crippen molar-refractivity contribution in [3.05, 3.63) is 11.8 Å². The van der Waals surface area contributed by atoms with Gasteiger partial charge in [0.15, 0.2) is 0 Å². The van der Waals surface area contributed by atoms with Gasteiger partial charge in [-0.3, -0.25) is 0 Å². The monoisotopic (exact) mass is 233 g/mol. The van der Waals surface area contributed by atoms with Crippen molar-refractivity contribution in [3.8, 4) is 0 Å². The van der Waals surface area contributed by atoms with E-state index in [9.17, 15) is 0 Å². The zero-order valence-electron chi connectivity index (χ0n) is 10.2. The lowest BCUT2D eigenvalue weighted by Gasteiger charge is -2.18. The first-order valence-electron chi connectivity index (χ1n) is 6.33. The molecule has 17 heavy (non-hydrogen) atoms. The Bertz CT molecular complexity index is 415. The zero-order valence-corrected chi connectivity index (χ0v) is 10.2. The van der Waals surface area contributed by atoms with Gasteiger partial charge >= 0.3 is 0 Å². The third-order valence-electron chi connectivity index (χ3n) is 3.67. The van der Waals surface area contributed by atoms with Crippen LogP contribution in [-0.2, 0) is 0 Å². The van der Waals surface area contributed by atoms with Crippen LogP contribution in [0.5, 0.6) is 0 Å². The molecule has 0 amide bonds. The van der Waals surface area contributed by atoms with Gasteiger partial charge in [-0.05, 0) is 26.3 Å². The summed E-state index contributed by atoms with van der Waals surface area (Å²) in [4.78, 5) is 11.0. The van der Waals surface area contributed by atoms with E-state index in [4.69, 9.17) is 5.73 Å². The van der Waals surface area contributed by atoms with E-state index in [1.165, 1.54) is 19.3 Å². The third-order valence-corrected chi connectivity index (χ3v) is 3.67. The van der Waals surface area contributed by atoms with Gasteiger partial charge in [0, 0.05) is 31.1 Å². The first-order valence-corrected chi connectivity index (χ1v) is 6.33. The number of hydrogen-bond donors (Lipinski definition) is 2. The van der Waals surface area contributed by atoms with Gasteiger partial charge in [0.2, 0.25) is 5.95 Å². The minimum atomic E-state index is 0.414. The summed E-state index contributed by atoms with van der Waals surface area (Å²) in [5, 5.41) is 3.31. The average molecular weight is 233 g/mol. The minimum Gasteiger partial charge on any atom is -0.368 e. The average Bonchev–Trinajstić information content (AvgIpc) is 3.06. The van der Waals surface area contributed by atoms with Crippen molar-refractivity contribution in [1.82, 2.24) is 15.3 Å². The first-order chi connectivity index (χ1) is 8.26. The highest BCUT2D eigenvalue weighted by Gasteiger charge is 2.28. The highest BCUT2D eigenvalue weighted by atomic mass is 15.2. The van der Waals surface area contributed by atoms with E-state index in [-0.39, 0.29) is 0 Å². The molecule has 0 aromatic carbocycles. The molecule has 1 saturated heterocycles. The van der Waals surface area contributed by atoms with Crippen LogP contribution in [0.15, 0.2) is 6.07 Å². The van der Waals surface area contributed by atoms with Crippen molar-refractivity contribution in [3.63, 3.8) is 0 Å². The van der Waals surface area contributed by atoms with Gasteiger partial charge in [-0.1, -0.05) is 0 Å². The molecule has 2 aliphatic rings. The van der Waals surface area contributed by atoms with Crippen molar-refractivity contribution < 1.29 is 0 Å². The molecule has 1 aromatic heterocycles. The topological polar surface area (TPSA) is 67.1 Å². The number of rotatable bonds is 3. The van der Waals surface area contributed by atoms with Crippen LogP contribution in [0.2, 0.25) is 0 Å². The smallest absolute Gasteiger partial charge is 0.222 e. The lowest BCUT2D eigenvalue weighted by molar-refractivity contribution is 0.616. The van der Waals surface area contributed by atoms with Crippen LogP contribution in [0, 0.1) is 0 Å².